The van der Waals surface area contributed by atoms with Crippen molar-refractivity contribution in [3.05, 3.63) is 52.8 Å². The molecule has 24 heavy (non-hydrogen) atoms. The maximum atomic E-state index is 6.24. The van der Waals surface area contributed by atoms with E-state index in [0.29, 0.717) is 0 Å². The second kappa shape index (κ2) is 8.11. The van der Waals surface area contributed by atoms with Gasteiger partial charge in [-0.3, -0.25) is 4.99 Å². The predicted octanol–water partition coefficient (Wildman–Crippen LogP) is 5.34. The van der Waals surface area contributed by atoms with Crippen LogP contribution < -0.4 is 5.36 Å². The fourth-order valence-electron chi connectivity index (χ4n) is 2.99. The molecule has 0 spiro atoms. The van der Waals surface area contributed by atoms with Crippen molar-refractivity contribution in [3.63, 3.8) is 0 Å². The third-order valence-electron chi connectivity index (χ3n) is 4.36. The molecule has 3 rings (SSSR count). The zero-order valence-corrected chi connectivity index (χ0v) is 15.8. The molecule has 4 heteroatoms. The highest BCUT2D eigenvalue weighted by molar-refractivity contribution is 7.24. The SMILES string of the molecule is CCN(CC)CCCN=c1c2ccccc2sc2ccc(Cl)cc12. The second-order valence-corrected chi connectivity index (χ2v) is 7.37. The molecule has 0 fully saturated rings. The van der Waals surface area contributed by atoms with Gasteiger partial charge in [0.2, 0.25) is 0 Å². The zero-order chi connectivity index (χ0) is 16.9. The summed E-state index contributed by atoms with van der Waals surface area (Å²) in [7, 11) is 0. The molecule has 0 aliphatic rings. The molecule has 0 N–H and O–H groups in total. The molecule has 0 saturated carbocycles. The molecule has 1 heterocycles. The summed E-state index contributed by atoms with van der Waals surface area (Å²) in [4.78, 5) is 7.41. The van der Waals surface area contributed by atoms with Crippen LogP contribution in [0.2, 0.25) is 5.02 Å². The number of benzene rings is 2. The van der Waals surface area contributed by atoms with Gasteiger partial charge in [-0.25, -0.2) is 0 Å². The molecular weight excluding hydrogens is 336 g/mol. The van der Waals surface area contributed by atoms with E-state index in [1.807, 2.05) is 12.1 Å². The number of rotatable bonds is 6. The summed E-state index contributed by atoms with van der Waals surface area (Å²) in [5, 5.41) is 4.24. The van der Waals surface area contributed by atoms with Crippen molar-refractivity contribution in [2.45, 2.75) is 20.3 Å². The predicted molar refractivity (Wildman–Crippen MR) is 107 cm³/mol. The van der Waals surface area contributed by atoms with E-state index in [9.17, 15) is 0 Å². The van der Waals surface area contributed by atoms with Gasteiger partial charge in [0, 0.05) is 31.7 Å². The molecule has 0 saturated heterocycles. The van der Waals surface area contributed by atoms with Gasteiger partial charge in [-0.2, -0.15) is 0 Å². The molecule has 0 bridgehead atoms. The van der Waals surface area contributed by atoms with E-state index in [1.165, 1.54) is 14.8 Å². The van der Waals surface area contributed by atoms with Crippen LogP contribution in [-0.2, 0) is 0 Å². The van der Waals surface area contributed by atoms with Crippen molar-refractivity contribution in [1.82, 2.24) is 4.90 Å². The third-order valence-corrected chi connectivity index (χ3v) is 5.74. The van der Waals surface area contributed by atoms with Gasteiger partial charge < -0.3 is 4.90 Å². The van der Waals surface area contributed by atoms with E-state index in [1.54, 1.807) is 11.3 Å². The third kappa shape index (κ3) is 3.80. The molecule has 2 nitrogen and oxygen atoms in total. The van der Waals surface area contributed by atoms with Crippen LogP contribution in [0.25, 0.3) is 20.2 Å². The molecule has 0 amide bonds. The van der Waals surface area contributed by atoms with Crippen LogP contribution in [-0.4, -0.2) is 31.1 Å². The summed E-state index contributed by atoms with van der Waals surface area (Å²) < 4.78 is 2.51. The van der Waals surface area contributed by atoms with Crippen molar-refractivity contribution < 1.29 is 0 Å². The van der Waals surface area contributed by atoms with E-state index in [4.69, 9.17) is 16.6 Å². The maximum absolute atomic E-state index is 6.24. The highest BCUT2D eigenvalue weighted by Gasteiger charge is 2.05. The van der Waals surface area contributed by atoms with Gasteiger partial charge in [0.05, 0.1) is 5.36 Å². The quantitative estimate of drug-likeness (QED) is 0.429. The first-order valence-electron chi connectivity index (χ1n) is 8.57. The van der Waals surface area contributed by atoms with Gasteiger partial charge in [0.25, 0.3) is 0 Å². The van der Waals surface area contributed by atoms with Gasteiger partial charge >= 0.3 is 0 Å². The van der Waals surface area contributed by atoms with Crippen molar-refractivity contribution >= 4 is 43.1 Å². The number of fused-ring (bicyclic) bond motifs is 2. The minimum atomic E-state index is 0.768. The van der Waals surface area contributed by atoms with E-state index < -0.39 is 0 Å². The van der Waals surface area contributed by atoms with Crippen molar-refractivity contribution in [3.8, 4) is 0 Å². The molecule has 3 aromatic rings. The lowest BCUT2D eigenvalue weighted by molar-refractivity contribution is 0.301. The lowest BCUT2D eigenvalue weighted by Gasteiger charge is -2.16. The summed E-state index contributed by atoms with van der Waals surface area (Å²) in [6, 6.07) is 14.6. The summed E-state index contributed by atoms with van der Waals surface area (Å²) in [5.74, 6) is 0. The Morgan fingerprint density at radius 3 is 2.54 bits per heavy atom. The largest absolute Gasteiger partial charge is 0.304 e. The molecule has 126 valence electrons. The van der Waals surface area contributed by atoms with Crippen LogP contribution in [0.15, 0.2) is 47.5 Å². The molecule has 2 aromatic carbocycles. The molecular formula is C20H23ClN2S. The Hall–Kier alpha value is -1.42. The van der Waals surface area contributed by atoms with Gasteiger partial charge in [-0.1, -0.05) is 43.6 Å². The van der Waals surface area contributed by atoms with E-state index in [-0.39, 0.29) is 0 Å². The van der Waals surface area contributed by atoms with E-state index >= 15 is 0 Å². The fourth-order valence-corrected chi connectivity index (χ4v) is 4.22. The van der Waals surface area contributed by atoms with Gasteiger partial charge in [0.15, 0.2) is 0 Å². The lowest BCUT2D eigenvalue weighted by atomic mass is 10.2. The van der Waals surface area contributed by atoms with Crippen LogP contribution in [0.4, 0.5) is 0 Å². The summed E-state index contributed by atoms with van der Waals surface area (Å²) in [5.41, 5.74) is 0. The van der Waals surface area contributed by atoms with Crippen LogP contribution >= 0.6 is 22.9 Å². The Morgan fingerprint density at radius 2 is 1.75 bits per heavy atom. The lowest BCUT2D eigenvalue weighted by Crippen LogP contribution is -2.24. The van der Waals surface area contributed by atoms with Crippen LogP contribution in [0.3, 0.4) is 0 Å². The molecule has 0 atom stereocenters. The molecule has 0 unspecified atom stereocenters. The van der Waals surface area contributed by atoms with Crippen molar-refractivity contribution in [1.29, 1.82) is 0 Å². The number of hydrogen-bond donors (Lipinski definition) is 0. The maximum Gasteiger partial charge on any atom is 0.0747 e. The van der Waals surface area contributed by atoms with E-state index in [2.05, 4.69) is 49.1 Å². The summed E-state index contributed by atoms with van der Waals surface area (Å²) >= 11 is 8.04. The first kappa shape index (κ1) is 17.4. The zero-order valence-electron chi connectivity index (χ0n) is 14.3. The average molecular weight is 359 g/mol. The van der Waals surface area contributed by atoms with Crippen LogP contribution in [0.1, 0.15) is 20.3 Å². The Labute approximate surface area is 152 Å². The number of nitrogens with zero attached hydrogens (tertiary/aromatic N) is 2. The van der Waals surface area contributed by atoms with Gasteiger partial charge in [0.1, 0.15) is 0 Å². The second-order valence-electron chi connectivity index (χ2n) is 5.85. The van der Waals surface area contributed by atoms with Gasteiger partial charge in [-0.15, -0.1) is 11.3 Å². The van der Waals surface area contributed by atoms with Crippen LogP contribution in [0, 0.1) is 0 Å². The molecule has 0 aliphatic heterocycles. The highest BCUT2D eigenvalue weighted by Crippen LogP contribution is 2.26. The van der Waals surface area contributed by atoms with E-state index in [0.717, 1.165) is 48.4 Å². The first-order valence-corrected chi connectivity index (χ1v) is 9.76. The van der Waals surface area contributed by atoms with Crippen molar-refractivity contribution in [2.75, 3.05) is 26.2 Å². The molecule has 0 aliphatic carbocycles. The average Bonchev–Trinajstić information content (AvgIpc) is 2.61. The summed E-state index contributed by atoms with van der Waals surface area (Å²) in [6.45, 7) is 8.57. The first-order chi connectivity index (χ1) is 11.7. The molecule has 0 radical (unpaired) electrons. The topological polar surface area (TPSA) is 15.6 Å². The number of halogens is 1. The minimum absolute atomic E-state index is 0.768. The highest BCUT2D eigenvalue weighted by atomic mass is 35.5. The smallest absolute Gasteiger partial charge is 0.0747 e. The number of hydrogen-bond acceptors (Lipinski definition) is 3. The Morgan fingerprint density at radius 1 is 1.00 bits per heavy atom. The van der Waals surface area contributed by atoms with Crippen LogP contribution in [0.5, 0.6) is 0 Å². The minimum Gasteiger partial charge on any atom is -0.304 e. The normalized spacial score (nSPS) is 12.6. The standard InChI is InChI=1S/C20H23ClN2S/c1-3-23(4-2)13-7-12-22-20-16-8-5-6-9-18(16)24-19-11-10-15(21)14-17(19)20/h5-6,8-11,14H,3-4,7,12-13H2,1-2H3. The Balaban J connectivity index is 2.02. The van der Waals surface area contributed by atoms with Crippen molar-refractivity contribution in [2.24, 2.45) is 4.99 Å². The fraction of sp³-hybridized carbons (Fsp3) is 0.350. The van der Waals surface area contributed by atoms with Gasteiger partial charge in [-0.05, 0) is 50.3 Å². The Kier molecular flexibility index (Phi) is 5.88. The monoisotopic (exact) mass is 358 g/mol. The summed E-state index contributed by atoms with van der Waals surface area (Å²) in [6.07, 6.45) is 1.08. The Bertz CT molecular complexity index is 897. The molecule has 1 aromatic heterocycles.